The molecule has 0 fully saturated rings. The van der Waals surface area contributed by atoms with Crippen LogP contribution >= 0.6 is 0 Å². The summed E-state index contributed by atoms with van der Waals surface area (Å²) in [7, 11) is 0. The summed E-state index contributed by atoms with van der Waals surface area (Å²) in [5, 5.41) is 12.0. The number of carbonyl (C=O) groups is 2. The molecule has 0 radical (unpaired) electrons. The van der Waals surface area contributed by atoms with Crippen molar-refractivity contribution in [3.63, 3.8) is 0 Å². The normalized spacial score (nSPS) is 10.3. The second-order valence-electron chi connectivity index (χ2n) is 5.13. The number of urea groups is 1. The highest BCUT2D eigenvalue weighted by Crippen LogP contribution is 2.20. The van der Waals surface area contributed by atoms with Crippen LogP contribution in [0.5, 0.6) is 0 Å². The van der Waals surface area contributed by atoms with Gasteiger partial charge in [0.15, 0.2) is 0 Å². The minimum absolute atomic E-state index is 0.189. The van der Waals surface area contributed by atoms with Crippen molar-refractivity contribution in [3.05, 3.63) is 28.8 Å². The molecule has 2 N–H and O–H groups in total. The summed E-state index contributed by atoms with van der Waals surface area (Å²) in [5.41, 5.74) is 2.32. The zero-order valence-electron chi connectivity index (χ0n) is 13.2. The van der Waals surface area contributed by atoms with Gasteiger partial charge in [0.25, 0.3) is 0 Å². The standard InChI is InChI=1S/C16H24N2O3/c1-5-7-8-18(6-2)16(21)17-13-9-11(3)12(4)14(10-13)15(19)20/h9-10H,5-8H2,1-4H3,(H,17,21)(H,19,20). The van der Waals surface area contributed by atoms with E-state index in [2.05, 4.69) is 12.2 Å². The largest absolute Gasteiger partial charge is 0.478 e. The monoisotopic (exact) mass is 292 g/mol. The van der Waals surface area contributed by atoms with Crippen LogP contribution < -0.4 is 5.32 Å². The molecular weight excluding hydrogens is 268 g/mol. The molecule has 5 heteroatoms. The molecule has 0 unspecified atom stereocenters. The van der Waals surface area contributed by atoms with Gasteiger partial charge in [0.2, 0.25) is 0 Å². The number of aromatic carboxylic acids is 1. The van der Waals surface area contributed by atoms with E-state index < -0.39 is 5.97 Å². The van der Waals surface area contributed by atoms with Gasteiger partial charge in [0, 0.05) is 18.8 Å². The van der Waals surface area contributed by atoms with E-state index in [1.54, 1.807) is 17.9 Å². The Balaban J connectivity index is 2.92. The van der Waals surface area contributed by atoms with Gasteiger partial charge in [-0.3, -0.25) is 0 Å². The molecule has 0 bridgehead atoms. The lowest BCUT2D eigenvalue weighted by Crippen LogP contribution is -2.35. The number of hydrogen-bond donors (Lipinski definition) is 2. The zero-order valence-corrected chi connectivity index (χ0v) is 13.2. The molecule has 0 saturated heterocycles. The lowest BCUT2D eigenvalue weighted by atomic mass is 10.0. The maximum absolute atomic E-state index is 12.2. The van der Waals surface area contributed by atoms with Gasteiger partial charge >= 0.3 is 12.0 Å². The summed E-state index contributed by atoms with van der Waals surface area (Å²) in [6.45, 7) is 8.94. The third kappa shape index (κ3) is 4.48. The number of benzene rings is 1. The molecule has 1 rings (SSSR count). The Labute approximate surface area is 126 Å². The highest BCUT2D eigenvalue weighted by molar-refractivity contribution is 5.94. The number of hydrogen-bond acceptors (Lipinski definition) is 2. The molecule has 0 heterocycles. The Morgan fingerprint density at radius 3 is 2.43 bits per heavy atom. The first-order valence-corrected chi connectivity index (χ1v) is 7.31. The van der Waals surface area contributed by atoms with Gasteiger partial charge in [-0.2, -0.15) is 0 Å². The van der Waals surface area contributed by atoms with E-state index in [0.717, 1.165) is 24.0 Å². The van der Waals surface area contributed by atoms with Gasteiger partial charge in [-0.05, 0) is 50.5 Å². The third-order valence-electron chi connectivity index (χ3n) is 3.60. The smallest absolute Gasteiger partial charge is 0.336 e. The van der Waals surface area contributed by atoms with Crippen LogP contribution in [0.25, 0.3) is 0 Å². The van der Waals surface area contributed by atoms with Gasteiger partial charge in [-0.25, -0.2) is 9.59 Å². The number of nitrogens with one attached hydrogen (secondary N) is 1. The Bertz CT molecular complexity index is 526. The Kier molecular flexibility index (Phi) is 6.21. The summed E-state index contributed by atoms with van der Waals surface area (Å²) in [6, 6.07) is 3.12. The molecule has 116 valence electrons. The second kappa shape index (κ2) is 7.67. The van der Waals surface area contributed by atoms with E-state index >= 15 is 0 Å². The zero-order chi connectivity index (χ0) is 16.0. The van der Waals surface area contributed by atoms with Gasteiger partial charge < -0.3 is 15.3 Å². The maximum atomic E-state index is 12.2. The average Bonchev–Trinajstić information content (AvgIpc) is 2.43. The SMILES string of the molecule is CCCCN(CC)C(=O)Nc1cc(C)c(C)c(C(=O)O)c1. The minimum atomic E-state index is -0.981. The number of carboxylic acids is 1. The number of carbonyl (C=O) groups excluding carboxylic acids is 1. The summed E-state index contributed by atoms with van der Waals surface area (Å²) < 4.78 is 0. The van der Waals surface area contributed by atoms with Gasteiger partial charge in [0.05, 0.1) is 5.56 Å². The Hall–Kier alpha value is -2.04. The van der Waals surface area contributed by atoms with Gasteiger partial charge in [-0.1, -0.05) is 13.3 Å². The van der Waals surface area contributed by atoms with Crippen LogP contribution in [0.2, 0.25) is 0 Å². The molecule has 1 aromatic rings. The molecule has 0 aliphatic rings. The van der Waals surface area contributed by atoms with Crippen molar-refractivity contribution in [2.75, 3.05) is 18.4 Å². The van der Waals surface area contributed by atoms with Crippen LogP contribution in [0.4, 0.5) is 10.5 Å². The van der Waals surface area contributed by atoms with Crippen molar-refractivity contribution < 1.29 is 14.7 Å². The maximum Gasteiger partial charge on any atom is 0.336 e. The van der Waals surface area contributed by atoms with Crippen molar-refractivity contribution in [2.45, 2.75) is 40.5 Å². The molecule has 0 atom stereocenters. The first-order valence-electron chi connectivity index (χ1n) is 7.31. The molecule has 21 heavy (non-hydrogen) atoms. The summed E-state index contributed by atoms with van der Waals surface area (Å²) in [6.07, 6.45) is 1.98. The number of aryl methyl sites for hydroxylation is 1. The van der Waals surface area contributed by atoms with Crippen molar-refractivity contribution in [2.24, 2.45) is 0 Å². The Morgan fingerprint density at radius 2 is 1.90 bits per heavy atom. The van der Waals surface area contributed by atoms with E-state index in [9.17, 15) is 14.7 Å². The Morgan fingerprint density at radius 1 is 1.24 bits per heavy atom. The summed E-state index contributed by atoms with van der Waals surface area (Å²) >= 11 is 0. The second-order valence-corrected chi connectivity index (χ2v) is 5.13. The molecule has 0 aliphatic heterocycles. The predicted molar refractivity (Wildman–Crippen MR) is 84.0 cm³/mol. The third-order valence-corrected chi connectivity index (χ3v) is 3.60. The van der Waals surface area contributed by atoms with Gasteiger partial charge in [0.1, 0.15) is 0 Å². The van der Waals surface area contributed by atoms with Crippen LogP contribution in [0.1, 0.15) is 48.2 Å². The number of amides is 2. The number of rotatable bonds is 6. The number of unbranched alkanes of at least 4 members (excludes halogenated alkanes) is 1. The summed E-state index contributed by atoms with van der Waals surface area (Å²) in [4.78, 5) is 25.1. The van der Waals surface area contributed by atoms with Crippen molar-refractivity contribution in [1.29, 1.82) is 0 Å². The van der Waals surface area contributed by atoms with E-state index in [1.165, 1.54) is 6.07 Å². The van der Waals surface area contributed by atoms with E-state index in [1.807, 2.05) is 13.8 Å². The first kappa shape index (κ1) is 17.0. The minimum Gasteiger partial charge on any atom is -0.478 e. The lowest BCUT2D eigenvalue weighted by Gasteiger charge is -2.21. The van der Waals surface area contributed by atoms with E-state index in [4.69, 9.17) is 0 Å². The molecule has 0 aromatic heterocycles. The fraction of sp³-hybridized carbons (Fsp3) is 0.500. The van der Waals surface area contributed by atoms with Crippen LogP contribution in [0, 0.1) is 13.8 Å². The average molecular weight is 292 g/mol. The van der Waals surface area contributed by atoms with E-state index in [0.29, 0.717) is 18.8 Å². The molecule has 0 spiro atoms. The van der Waals surface area contributed by atoms with Crippen molar-refractivity contribution in [1.82, 2.24) is 4.90 Å². The highest BCUT2D eigenvalue weighted by atomic mass is 16.4. The lowest BCUT2D eigenvalue weighted by molar-refractivity contribution is 0.0696. The topological polar surface area (TPSA) is 69.6 Å². The molecule has 5 nitrogen and oxygen atoms in total. The van der Waals surface area contributed by atoms with Crippen LogP contribution in [-0.4, -0.2) is 35.1 Å². The molecular formula is C16H24N2O3. The van der Waals surface area contributed by atoms with E-state index in [-0.39, 0.29) is 11.6 Å². The van der Waals surface area contributed by atoms with Crippen LogP contribution in [0.3, 0.4) is 0 Å². The molecule has 0 aliphatic carbocycles. The fourth-order valence-electron chi connectivity index (χ4n) is 2.11. The van der Waals surface area contributed by atoms with Crippen LogP contribution in [0.15, 0.2) is 12.1 Å². The number of anilines is 1. The highest BCUT2D eigenvalue weighted by Gasteiger charge is 2.15. The quantitative estimate of drug-likeness (QED) is 0.840. The number of carboxylic acid groups (broad SMARTS) is 1. The summed E-state index contributed by atoms with van der Waals surface area (Å²) in [5.74, 6) is -0.981. The molecule has 2 amide bonds. The van der Waals surface area contributed by atoms with Crippen molar-refractivity contribution in [3.8, 4) is 0 Å². The van der Waals surface area contributed by atoms with Crippen LogP contribution in [-0.2, 0) is 0 Å². The fourth-order valence-corrected chi connectivity index (χ4v) is 2.11. The number of nitrogens with zero attached hydrogens (tertiary/aromatic N) is 1. The first-order chi connectivity index (χ1) is 9.90. The predicted octanol–water partition coefficient (Wildman–Crippen LogP) is 3.66. The molecule has 0 saturated carbocycles. The van der Waals surface area contributed by atoms with Gasteiger partial charge in [-0.15, -0.1) is 0 Å². The molecule has 1 aromatic carbocycles. The van der Waals surface area contributed by atoms with Crippen molar-refractivity contribution >= 4 is 17.7 Å².